The zero-order chi connectivity index (χ0) is 17.8. The molecular formula is C20H18N2O3. The fourth-order valence-electron chi connectivity index (χ4n) is 2.64. The number of hydrogen-bond acceptors (Lipinski definition) is 4. The first-order chi connectivity index (χ1) is 12.1. The van der Waals surface area contributed by atoms with Crippen molar-refractivity contribution >= 4 is 23.8 Å². The number of esters is 1. The van der Waals surface area contributed by atoms with Crippen molar-refractivity contribution in [2.24, 2.45) is 0 Å². The Morgan fingerprint density at radius 2 is 1.92 bits per heavy atom. The average Bonchev–Trinajstić information content (AvgIpc) is 2.66. The molecule has 0 aliphatic carbocycles. The van der Waals surface area contributed by atoms with Gasteiger partial charge in [0, 0.05) is 11.8 Å². The minimum atomic E-state index is -0.486. The molecule has 0 atom stereocenters. The van der Waals surface area contributed by atoms with Crippen LogP contribution in [0.2, 0.25) is 0 Å². The third kappa shape index (κ3) is 3.35. The lowest BCUT2D eigenvalue weighted by Gasteiger charge is -2.08. The van der Waals surface area contributed by atoms with E-state index in [1.54, 1.807) is 12.1 Å². The van der Waals surface area contributed by atoms with Crippen molar-refractivity contribution in [3.05, 3.63) is 81.4 Å². The second-order valence-corrected chi connectivity index (χ2v) is 5.52. The number of pyridine rings is 1. The number of carbonyl (C=O) groups excluding carboxylic acids is 1. The smallest absolute Gasteiger partial charge is 0.339 e. The Balaban J connectivity index is 2.13. The van der Waals surface area contributed by atoms with Crippen LogP contribution in [-0.2, 0) is 11.2 Å². The minimum absolute atomic E-state index is 0.175. The van der Waals surface area contributed by atoms with Crippen molar-refractivity contribution in [2.45, 2.75) is 13.3 Å². The van der Waals surface area contributed by atoms with Crippen LogP contribution in [0.4, 0.5) is 0 Å². The van der Waals surface area contributed by atoms with E-state index in [1.165, 1.54) is 17.7 Å². The first kappa shape index (κ1) is 16.6. The van der Waals surface area contributed by atoms with Gasteiger partial charge in [0.1, 0.15) is 5.65 Å². The second-order valence-electron chi connectivity index (χ2n) is 5.52. The summed E-state index contributed by atoms with van der Waals surface area (Å²) in [6, 6.07) is 13.1. The van der Waals surface area contributed by atoms with Gasteiger partial charge < -0.3 is 4.74 Å². The summed E-state index contributed by atoms with van der Waals surface area (Å²) >= 11 is 0. The highest BCUT2D eigenvalue weighted by Gasteiger charge is 2.12. The molecule has 0 aliphatic heterocycles. The van der Waals surface area contributed by atoms with E-state index in [-0.39, 0.29) is 5.56 Å². The van der Waals surface area contributed by atoms with E-state index in [9.17, 15) is 9.59 Å². The third-order valence-electron chi connectivity index (χ3n) is 3.96. The van der Waals surface area contributed by atoms with Crippen LogP contribution in [0.5, 0.6) is 0 Å². The van der Waals surface area contributed by atoms with Crippen LogP contribution in [0.25, 0.3) is 17.8 Å². The molecule has 0 saturated carbocycles. The number of carbonyl (C=O) groups is 1. The molecule has 5 nitrogen and oxygen atoms in total. The molecule has 3 rings (SSSR count). The van der Waals surface area contributed by atoms with Crippen molar-refractivity contribution in [3.63, 3.8) is 0 Å². The molecule has 2 heterocycles. The average molecular weight is 334 g/mol. The van der Waals surface area contributed by atoms with Crippen LogP contribution in [-0.4, -0.2) is 22.5 Å². The molecule has 1 aromatic carbocycles. The number of fused-ring (bicyclic) bond motifs is 1. The fraction of sp³-hybridized carbons (Fsp3) is 0.150. The highest BCUT2D eigenvalue weighted by atomic mass is 16.5. The SMILES string of the molecule is CCc1c(C=Cc2ccccc2)nc2ccc(C(=O)OC)cn2c1=O. The normalized spacial score (nSPS) is 11.1. The summed E-state index contributed by atoms with van der Waals surface area (Å²) < 4.78 is 6.10. The van der Waals surface area contributed by atoms with E-state index in [0.29, 0.717) is 28.9 Å². The summed E-state index contributed by atoms with van der Waals surface area (Å²) in [6.45, 7) is 1.91. The number of benzene rings is 1. The molecule has 126 valence electrons. The Kier molecular flexibility index (Phi) is 4.75. The van der Waals surface area contributed by atoms with Crippen molar-refractivity contribution < 1.29 is 9.53 Å². The van der Waals surface area contributed by atoms with Gasteiger partial charge in [0.15, 0.2) is 0 Å². The van der Waals surface area contributed by atoms with E-state index in [4.69, 9.17) is 4.74 Å². The number of methoxy groups -OCH3 is 1. The van der Waals surface area contributed by atoms with Crippen LogP contribution in [0.3, 0.4) is 0 Å². The topological polar surface area (TPSA) is 60.7 Å². The van der Waals surface area contributed by atoms with E-state index < -0.39 is 5.97 Å². The summed E-state index contributed by atoms with van der Waals surface area (Å²) in [7, 11) is 1.31. The lowest BCUT2D eigenvalue weighted by Crippen LogP contribution is -2.22. The number of ether oxygens (including phenoxy) is 1. The lowest BCUT2D eigenvalue weighted by molar-refractivity contribution is 0.0600. The van der Waals surface area contributed by atoms with E-state index in [1.807, 2.05) is 49.4 Å². The van der Waals surface area contributed by atoms with Gasteiger partial charge in [0.05, 0.1) is 18.4 Å². The molecule has 0 unspecified atom stereocenters. The van der Waals surface area contributed by atoms with Gasteiger partial charge in [-0.15, -0.1) is 0 Å². The quantitative estimate of drug-likeness (QED) is 0.687. The van der Waals surface area contributed by atoms with Crippen LogP contribution < -0.4 is 5.56 Å². The van der Waals surface area contributed by atoms with E-state index in [2.05, 4.69) is 4.98 Å². The van der Waals surface area contributed by atoms with Crippen LogP contribution in [0.1, 0.15) is 34.1 Å². The largest absolute Gasteiger partial charge is 0.465 e. The summed E-state index contributed by atoms with van der Waals surface area (Å²) in [5.41, 5.74) is 2.91. The molecule has 0 radical (unpaired) electrons. The van der Waals surface area contributed by atoms with Gasteiger partial charge in [-0.1, -0.05) is 43.3 Å². The van der Waals surface area contributed by atoms with E-state index >= 15 is 0 Å². The van der Waals surface area contributed by atoms with Crippen LogP contribution in [0.15, 0.2) is 53.5 Å². The zero-order valence-electron chi connectivity index (χ0n) is 14.1. The maximum absolute atomic E-state index is 12.8. The summed E-state index contributed by atoms with van der Waals surface area (Å²) in [5.74, 6) is -0.486. The summed E-state index contributed by atoms with van der Waals surface area (Å²) in [5, 5.41) is 0. The number of aromatic nitrogens is 2. The van der Waals surface area contributed by atoms with Crippen LogP contribution in [0, 0.1) is 0 Å². The summed E-state index contributed by atoms with van der Waals surface area (Å²) in [6.07, 6.45) is 5.80. The predicted molar refractivity (Wildman–Crippen MR) is 97.5 cm³/mol. The van der Waals surface area contributed by atoms with Crippen molar-refractivity contribution in [2.75, 3.05) is 7.11 Å². The molecule has 3 aromatic rings. The van der Waals surface area contributed by atoms with Gasteiger partial charge in [-0.3, -0.25) is 9.20 Å². The Bertz CT molecular complexity index is 1000. The van der Waals surface area contributed by atoms with Crippen molar-refractivity contribution in [1.29, 1.82) is 0 Å². The van der Waals surface area contributed by atoms with Crippen LogP contribution >= 0.6 is 0 Å². The van der Waals surface area contributed by atoms with Gasteiger partial charge in [-0.05, 0) is 30.2 Å². The number of hydrogen-bond donors (Lipinski definition) is 0. The Morgan fingerprint density at radius 3 is 2.60 bits per heavy atom. The van der Waals surface area contributed by atoms with Gasteiger partial charge in [0.25, 0.3) is 5.56 Å². The molecule has 0 saturated heterocycles. The highest BCUT2D eigenvalue weighted by molar-refractivity contribution is 5.89. The number of nitrogens with zero attached hydrogens (tertiary/aromatic N) is 2. The third-order valence-corrected chi connectivity index (χ3v) is 3.96. The van der Waals surface area contributed by atoms with Gasteiger partial charge in [-0.2, -0.15) is 0 Å². The Labute approximate surface area is 145 Å². The minimum Gasteiger partial charge on any atom is -0.465 e. The summed E-state index contributed by atoms with van der Waals surface area (Å²) in [4.78, 5) is 29.0. The van der Waals surface area contributed by atoms with Gasteiger partial charge in [0.2, 0.25) is 0 Å². The Morgan fingerprint density at radius 1 is 1.16 bits per heavy atom. The molecule has 0 fully saturated rings. The predicted octanol–water partition coefficient (Wildman–Crippen LogP) is 3.21. The zero-order valence-corrected chi connectivity index (χ0v) is 14.1. The van der Waals surface area contributed by atoms with Gasteiger partial charge >= 0.3 is 5.97 Å². The molecule has 25 heavy (non-hydrogen) atoms. The first-order valence-electron chi connectivity index (χ1n) is 8.00. The first-order valence-corrected chi connectivity index (χ1v) is 8.00. The maximum atomic E-state index is 12.8. The monoisotopic (exact) mass is 334 g/mol. The molecule has 0 amide bonds. The second kappa shape index (κ2) is 7.13. The maximum Gasteiger partial charge on any atom is 0.339 e. The fourth-order valence-corrected chi connectivity index (χ4v) is 2.64. The standard InChI is InChI=1S/C20H18N2O3/c1-3-16-17(11-9-14-7-5-4-6-8-14)21-18-12-10-15(20(24)25-2)13-22(18)19(16)23/h4-13H,3H2,1-2H3. The molecule has 5 heteroatoms. The molecule has 0 bridgehead atoms. The lowest BCUT2D eigenvalue weighted by atomic mass is 10.1. The molecule has 0 spiro atoms. The molecule has 0 aliphatic rings. The molecule has 0 N–H and O–H groups in total. The number of rotatable bonds is 4. The van der Waals surface area contributed by atoms with Crippen molar-refractivity contribution in [3.8, 4) is 0 Å². The Hall–Kier alpha value is -3.21. The highest BCUT2D eigenvalue weighted by Crippen LogP contribution is 2.12. The molecule has 2 aromatic heterocycles. The van der Waals surface area contributed by atoms with Gasteiger partial charge in [-0.25, -0.2) is 9.78 Å². The van der Waals surface area contributed by atoms with Crippen molar-refractivity contribution in [1.82, 2.24) is 9.38 Å². The molecular weight excluding hydrogens is 316 g/mol. The van der Waals surface area contributed by atoms with E-state index in [0.717, 1.165) is 5.56 Å².